The fourth-order valence-electron chi connectivity index (χ4n) is 0.270. The summed E-state index contributed by atoms with van der Waals surface area (Å²) < 4.78 is 0. The first-order valence-electron chi connectivity index (χ1n) is 3.70. The zero-order chi connectivity index (χ0) is 11.9. The van der Waals surface area contributed by atoms with Gasteiger partial charge in [0.1, 0.15) is 0 Å². The maximum Gasteiger partial charge on any atom is 0.335 e. The average molecular weight is 210 g/mol. The van der Waals surface area contributed by atoms with E-state index >= 15 is 0 Å². The Morgan fingerprint density at radius 3 is 1.07 bits per heavy atom. The Morgan fingerprint density at radius 2 is 1.00 bits per heavy atom. The smallest absolute Gasteiger partial charge is 0.335 e. The fraction of sp³-hybridized carbons (Fsp3) is 0.714. The van der Waals surface area contributed by atoms with Crippen LogP contribution in [0.1, 0.15) is 13.8 Å². The van der Waals surface area contributed by atoms with Gasteiger partial charge < -0.3 is 25.5 Å². The second-order valence-corrected chi connectivity index (χ2v) is 2.66. The van der Waals surface area contributed by atoms with Crippen LogP contribution in [0.5, 0.6) is 0 Å². The van der Waals surface area contributed by atoms with Crippen molar-refractivity contribution < 1.29 is 35.1 Å². The Morgan fingerprint density at radius 1 is 0.857 bits per heavy atom. The molecule has 0 fully saturated rings. The van der Waals surface area contributed by atoms with Gasteiger partial charge in [0.2, 0.25) is 0 Å². The largest absolute Gasteiger partial charge is 0.479 e. The predicted octanol–water partition coefficient (Wildman–Crippen LogP) is -1.74. The fourth-order valence-corrected chi connectivity index (χ4v) is 0.270. The Labute approximate surface area is 80.2 Å². The van der Waals surface area contributed by atoms with Crippen molar-refractivity contribution in [3.8, 4) is 0 Å². The summed E-state index contributed by atoms with van der Waals surface area (Å²) in [7, 11) is 0. The van der Waals surface area contributed by atoms with Crippen LogP contribution in [0.4, 0.5) is 0 Å². The van der Waals surface area contributed by atoms with E-state index in [0.29, 0.717) is 0 Å². The minimum atomic E-state index is -2.27. The van der Waals surface area contributed by atoms with Gasteiger partial charge in [-0.05, 0) is 13.8 Å². The summed E-state index contributed by atoms with van der Waals surface area (Å²) in [4.78, 5) is 19.5. The molecular weight excluding hydrogens is 196 g/mol. The Balaban J connectivity index is 0. The summed E-state index contributed by atoms with van der Waals surface area (Å²) >= 11 is 0. The van der Waals surface area contributed by atoms with Crippen LogP contribution in [0.2, 0.25) is 0 Å². The molecule has 7 heteroatoms. The molecule has 0 aliphatic carbocycles. The van der Waals surface area contributed by atoms with Crippen molar-refractivity contribution >= 4 is 11.9 Å². The number of rotatable bonds is 3. The lowest BCUT2D eigenvalue weighted by atomic mass is 10.2. The van der Waals surface area contributed by atoms with Crippen molar-refractivity contribution in [1.82, 2.24) is 0 Å². The van der Waals surface area contributed by atoms with Crippen molar-refractivity contribution in [2.24, 2.45) is 0 Å². The van der Waals surface area contributed by atoms with Crippen LogP contribution in [0, 0.1) is 0 Å². The maximum absolute atomic E-state index is 9.77. The highest BCUT2D eigenvalue weighted by molar-refractivity contribution is 5.82. The summed E-state index contributed by atoms with van der Waals surface area (Å²) in [6.07, 6.45) is -4.70. The van der Waals surface area contributed by atoms with Crippen molar-refractivity contribution in [3.63, 3.8) is 0 Å². The van der Waals surface area contributed by atoms with Gasteiger partial charge in [0, 0.05) is 6.10 Å². The van der Waals surface area contributed by atoms with E-state index < -0.39 is 24.1 Å². The van der Waals surface area contributed by atoms with Gasteiger partial charge in [0.15, 0.2) is 12.2 Å². The molecular formula is C7H14O7. The van der Waals surface area contributed by atoms with Gasteiger partial charge in [-0.25, -0.2) is 9.59 Å². The van der Waals surface area contributed by atoms with Crippen LogP contribution in [0.15, 0.2) is 0 Å². The first-order valence-corrected chi connectivity index (χ1v) is 3.70. The number of hydrogen-bond donors (Lipinski definition) is 5. The third kappa shape index (κ3) is 8.91. The molecule has 0 amide bonds. The molecule has 2 unspecified atom stereocenters. The van der Waals surface area contributed by atoms with Crippen molar-refractivity contribution in [2.45, 2.75) is 32.2 Å². The molecule has 7 nitrogen and oxygen atoms in total. The lowest BCUT2D eigenvalue weighted by Gasteiger charge is -2.07. The SMILES string of the molecule is CC(C)O.O=C(O)C(O)C(O)C(=O)O. The topological polar surface area (TPSA) is 135 Å². The van der Waals surface area contributed by atoms with Crippen LogP contribution in [0.3, 0.4) is 0 Å². The van der Waals surface area contributed by atoms with Crippen molar-refractivity contribution in [1.29, 1.82) is 0 Å². The predicted molar refractivity (Wildman–Crippen MR) is 44.6 cm³/mol. The van der Waals surface area contributed by atoms with E-state index in [4.69, 9.17) is 25.5 Å². The van der Waals surface area contributed by atoms with Crippen LogP contribution < -0.4 is 0 Å². The molecule has 2 atom stereocenters. The zero-order valence-corrected chi connectivity index (χ0v) is 7.78. The maximum atomic E-state index is 9.77. The van der Waals surface area contributed by atoms with Gasteiger partial charge >= 0.3 is 11.9 Å². The zero-order valence-electron chi connectivity index (χ0n) is 7.78. The first-order chi connectivity index (χ1) is 6.20. The van der Waals surface area contributed by atoms with Crippen LogP contribution >= 0.6 is 0 Å². The van der Waals surface area contributed by atoms with Gasteiger partial charge in [-0.1, -0.05) is 0 Å². The molecule has 0 aliphatic rings. The van der Waals surface area contributed by atoms with E-state index in [9.17, 15) is 9.59 Å². The molecule has 0 radical (unpaired) electrons. The molecule has 84 valence electrons. The summed E-state index contributed by atoms with van der Waals surface area (Å²) in [5.41, 5.74) is 0. The third-order valence-electron chi connectivity index (χ3n) is 0.805. The number of aliphatic carboxylic acids is 2. The van der Waals surface area contributed by atoms with Gasteiger partial charge in [-0.3, -0.25) is 0 Å². The molecule has 0 aliphatic heterocycles. The second kappa shape index (κ2) is 7.25. The second-order valence-electron chi connectivity index (χ2n) is 2.66. The number of carboxylic acids is 2. The summed E-state index contributed by atoms with van der Waals surface area (Å²) in [5.74, 6) is -3.54. The summed E-state index contributed by atoms with van der Waals surface area (Å²) in [6.45, 7) is 3.44. The molecule has 0 spiro atoms. The van der Waals surface area contributed by atoms with E-state index in [0.717, 1.165) is 0 Å². The Bertz CT molecular complexity index is 168. The number of hydrogen-bond acceptors (Lipinski definition) is 5. The van der Waals surface area contributed by atoms with E-state index in [1.54, 1.807) is 13.8 Å². The highest BCUT2D eigenvalue weighted by Crippen LogP contribution is 1.92. The average Bonchev–Trinajstić information content (AvgIpc) is 2.00. The molecule has 0 rings (SSSR count). The molecule has 0 saturated carbocycles. The lowest BCUT2D eigenvalue weighted by molar-refractivity contribution is -0.165. The number of aliphatic hydroxyl groups excluding tert-OH is 3. The highest BCUT2D eigenvalue weighted by atomic mass is 16.4. The van der Waals surface area contributed by atoms with Gasteiger partial charge in [-0.2, -0.15) is 0 Å². The molecule has 0 saturated heterocycles. The molecule has 0 aromatic heterocycles. The van der Waals surface area contributed by atoms with Gasteiger partial charge in [0.25, 0.3) is 0 Å². The van der Waals surface area contributed by atoms with Gasteiger partial charge in [0.05, 0.1) is 0 Å². The molecule has 5 N–H and O–H groups in total. The standard InChI is InChI=1S/C4H6O6.C3H8O/c5-1(3(7)8)2(6)4(9)10;1-3(2)4/h1-2,5-6H,(H,7,8)(H,9,10);3-4H,1-2H3. The Hall–Kier alpha value is -1.18. The third-order valence-corrected chi connectivity index (χ3v) is 0.805. The summed E-state index contributed by atoms with van der Waals surface area (Å²) in [5, 5.41) is 40.6. The molecule has 0 bridgehead atoms. The molecule has 0 aromatic carbocycles. The monoisotopic (exact) mass is 210 g/mol. The van der Waals surface area contributed by atoms with E-state index in [2.05, 4.69) is 0 Å². The van der Waals surface area contributed by atoms with Crippen molar-refractivity contribution in [2.75, 3.05) is 0 Å². The molecule has 14 heavy (non-hydrogen) atoms. The minimum Gasteiger partial charge on any atom is -0.479 e. The summed E-state index contributed by atoms with van der Waals surface area (Å²) in [6, 6.07) is 0. The van der Waals surface area contributed by atoms with E-state index in [1.165, 1.54) is 0 Å². The number of aliphatic hydroxyl groups is 3. The number of carboxylic acid groups (broad SMARTS) is 2. The Kier molecular flexibility index (Phi) is 7.92. The quantitative estimate of drug-likeness (QED) is 0.373. The molecule has 0 heterocycles. The van der Waals surface area contributed by atoms with Gasteiger partial charge in [-0.15, -0.1) is 0 Å². The van der Waals surface area contributed by atoms with Crippen LogP contribution in [0.25, 0.3) is 0 Å². The van der Waals surface area contributed by atoms with Crippen molar-refractivity contribution in [3.05, 3.63) is 0 Å². The highest BCUT2D eigenvalue weighted by Gasteiger charge is 2.29. The normalized spacial score (nSPS) is 13.9. The number of carbonyl (C=O) groups is 2. The van der Waals surface area contributed by atoms with Crippen LogP contribution in [-0.4, -0.2) is 55.8 Å². The molecule has 0 aromatic rings. The lowest BCUT2D eigenvalue weighted by Crippen LogP contribution is -2.39. The van der Waals surface area contributed by atoms with E-state index in [1.807, 2.05) is 0 Å². The minimum absolute atomic E-state index is 0.167. The first kappa shape index (κ1) is 15.3. The van der Waals surface area contributed by atoms with Crippen LogP contribution in [-0.2, 0) is 9.59 Å². The van der Waals surface area contributed by atoms with E-state index in [-0.39, 0.29) is 6.10 Å².